The fourth-order valence-corrected chi connectivity index (χ4v) is 3.48. The zero-order valence-corrected chi connectivity index (χ0v) is 14.2. The Balaban J connectivity index is 1.74. The van der Waals surface area contributed by atoms with Gasteiger partial charge in [-0.05, 0) is 17.7 Å². The highest BCUT2D eigenvalue weighted by Crippen LogP contribution is 2.32. The zero-order chi connectivity index (χ0) is 17.6. The molecule has 0 spiro atoms. The maximum Gasteiger partial charge on any atom is 0.339 e. The van der Waals surface area contributed by atoms with Crippen molar-refractivity contribution in [2.45, 2.75) is 6.04 Å². The molecule has 2 amide bonds. The molecule has 2 aromatic carbocycles. The normalized spacial score (nSPS) is 15.9. The maximum atomic E-state index is 10.7. The molecule has 3 rings (SSSR count). The first-order valence-electron chi connectivity index (χ1n) is 7.74. The number of urea groups is 1. The molecule has 0 saturated carbocycles. The van der Waals surface area contributed by atoms with E-state index in [0.717, 1.165) is 21.9 Å². The molecule has 0 saturated heterocycles. The average molecular weight is 351 g/mol. The van der Waals surface area contributed by atoms with E-state index in [0.29, 0.717) is 5.06 Å². The first-order chi connectivity index (χ1) is 12.1. The van der Waals surface area contributed by atoms with Gasteiger partial charge in [0.25, 0.3) is 0 Å². The molecule has 0 aliphatic carbocycles. The van der Waals surface area contributed by atoms with Crippen molar-refractivity contribution in [2.75, 3.05) is 12.3 Å². The molecule has 1 aliphatic rings. The molecule has 1 unspecified atom stereocenters. The highest BCUT2D eigenvalue weighted by molar-refractivity contribution is 8.14. The van der Waals surface area contributed by atoms with Crippen molar-refractivity contribution >= 4 is 22.8 Å². The van der Waals surface area contributed by atoms with Crippen molar-refractivity contribution in [3.8, 4) is 11.8 Å². The number of hydroxylamine groups is 2. The summed E-state index contributed by atoms with van der Waals surface area (Å²) in [5.74, 6) is 6.55. The molecule has 0 bridgehead atoms. The van der Waals surface area contributed by atoms with Crippen molar-refractivity contribution < 1.29 is 10.0 Å². The fraction of sp³-hybridized carbons (Fsp3) is 0.158. The zero-order valence-electron chi connectivity index (χ0n) is 13.4. The van der Waals surface area contributed by atoms with Gasteiger partial charge in [-0.3, -0.25) is 10.2 Å². The highest BCUT2D eigenvalue weighted by atomic mass is 32.2. The lowest BCUT2D eigenvalue weighted by Gasteiger charge is -2.05. The summed E-state index contributed by atoms with van der Waals surface area (Å²) >= 11 is 1.73. The minimum atomic E-state index is -0.924. The quantitative estimate of drug-likeness (QED) is 0.507. The van der Waals surface area contributed by atoms with E-state index in [4.69, 9.17) is 10.7 Å². The number of hydrogen-bond donors (Lipinski definition) is 2. The van der Waals surface area contributed by atoms with E-state index in [1.165, 1.54) is 5.56 Å². The van der Waals surface area contributed by atoms with E-state index in [1.54, 1.807) is 11.8 Å². The van der Waals surface area contributed by atoms with Crippen LogP contribution in [0.4, 0.5) is 4.79 Å². The van der Waals surface area contributed by atoms with Gasteiger partial charge in [-0.1, -0.05) is 54.3 Å². The first kappa shape index (κ1) is 17.1. The van der Waals surface area contributed by atoms with Gasteiger partial charge in [-0.25, -0.2) is 4.79 Å². The van der Waals surface area contributed by atoms with Crippen molar-refractivity contribution in [1.29, 1.82) is 0 Å². The Labute approximate surface area is 150 Å². The van der Waals surface area contributed by atoms with Crippen LogP contribution in [0.2, 0.25) is 0 Å². The second kappa shape index (κ2) is 7.88. The molecular weight excluding hydrogens is 334 g/mol. The smallest absolute Gasteiger partial charge is 0.339 e. The minimum absolute atomic E-state index is 0.134. The molecule has 126 valence electrons. The van der Waals surface area contributed by atoms with E-state index in [1.807, 2.05) is 42.5 Å². The topological polar surface area (TPSA) is 78.9 Å². The second-order valence-electron chi connectivity index (χ2n) is 5.45. The third-order valence-electron chi connectivity index (χ3n) is 3.66. The van der Waals surface area contributed by atoms with Gasteiger partial charge in [0.1, 0.15) is 6.54 Å². The van der Waals surface area contributed by atoms with Gasteiger partial charge >= 0.3 is 6.03 Å². The highest BCUT2D eigenvalue weighted by Gasteiger charge is 2.20. The van der Waals surface area contributed by atoms with Gasteiger partial charge in [0.15, 0.2) is 0 Å². The van der Waals surface area contributed by atoms with Gasteiger partial charge < -0.3 is 5.73 Å². The van der Waals surface area contributed by atoms with Gasteiger partial charge in [0.05, 0.1) is 11.1 Å². The molecule has 5 nitrogen and oxygen atoms in total. The Morgan fingerprint density at radius 2 is 2.08 bits per heavy atom. The van der Waals surface area contributed by atoms with E-state index >= 15 is 0 Å². The summed E-state index contributed by atoms with van der Waals surface area (Å²) in [7, 11) is 0. The molecule has 0 radical (unpaired) electrons. The van der Waals surface area contributed by atoms with Crippen molar-refractivity contribution in [2.24, 2.45) is 10.7 Å². The van der Waals surface area contributed by atoms with Crippen molar-refractivity contribution in [1.82, 2.24) is 5.06 Å². The number of primary amides is 1. The van der Waals surface area contributed by atoms with Crippen molar-refractivity contribution in [3.05, 3.63) is 71.3 Å². The molecule has 2 aromatic rings. The molecule has 25 heavy (non-hydrogen) atoms. The summed E-state index contributed by atoms with van der Waals surface area (Å²) in [4.78, 5) is 15.6. The Morgan fingerprint density at radius 3 is 2.84 bits per heavy atom. The monoisotopic (exact) mass is 351 g/mol. The third kappa shape index (κ3) is 4.41. The molecule has 1 atom stereocenters. The molecule has 6 heteroatoms. The summed E-state index contributed by atoms with van der Waals surface area (Å²) in [5.41, 5.74) is 7.96. The average Bonchev–Trinajstić information content (AvgIpc) is 3.13. The lowest BCUT2D eigenvalue weighted by Crippen LogP contribution is -2.32. The number of nitrogens with two attached hydrogens (primary N) is 1. The number of hydrogen-bond acceptors (Lipinski definition) is 4. The van der Waals surface area contributed by atoms with Crippen LogP contribution in [-0.4, -0.2) is 33.6 Å². The van der Waals surface area contributed by atoms with Crippen LogP contribution >= 0.6 is 11.8 Å². The number of amides is 2. The van der Waals surface area contributed by atoms with Gasteiger partial charge in [-0.2, -0.15) is 5.06 Å². The number of carbonyl (C=O) groups excluding carboxylic acids is 1. The Kier molecular flexibility index (Phi) is 5.39. The maximum absolute atomic E-state index is 10.7. The molecule has 0 fully saturated rings. The van der Waals surface area contributed by atoms with E-state index < -0.39 is 6.03 Å². The van der Waals surface area contributed by atoms with E-state index in [9.17, 15) is 10.0 Å². The Bertz CT molecular complexity index is 856. The summed E-state index contributed by atoms with van der Waals surface area (Å²) < 4.78 is 0. The summed E-state index contributed by atoms with van der Waals surface area (Å²) in [5, 5.41) is 10.6. The number of nitrogens with zero attached hydrogens (tertiary/aromatic N) is 2. The SMILES string of the molecule is NC(=O)N(O)CC#Cc1cccc(C2=NC(c3ccccc3)CS2)c1. The van der Waals surface area contributed by atoms with E-state index in [2.05, 4.69) is 24.0 Å². The van der Waals surface area contributed by atoms with Crippen LogP contribution in [0.25, 0.3) is 0 Å². The number of thioether (sulfide) groups is 1. The van der Waals surface area contributed by atoms with Crippen LogP contribution < -0.4 is 5.73 Å². The minimum Gasteiger partial charge on any atom is -0.350 e. The molecule has 3 N–H and O–H groups in total. The van der Waals surface area contributed by atoms with Gasteiger partial charge in [-0.15, -0.1) is 11.8 Å². The number of carbonyl (C=O) groups is 1. The van der Waals surface area contributed by atoms with Gasteiger partial charge in [0, 0.05) is 16.9 Å². The lowest BCUT2D eigenvalue weighted by molar-refractivity contribution is -0.0269. The predicted molar refractivity (Wildman–Crippen MR) is 99.6 cm³/mol. The van der Waals surface area contributed by atoms with Crippen LogP contribution in [0.3, 0.4) is 0 Å². The molecule has 1 aliphatic heterocycles. The fourth-order valence-electron chi connectivity index (χ4n) is 2.40. The van der Waals surface area contributed by atoms with Crippen LogP contribution in [-0.2, 0) is 0 Å². The van der Waals surface area contributed by atoms with Crippen LogP contribution in [0, 0.1) is 11.8 Å². The molecule has 1 heterocycles. The third-order valence-corrected chi connectivity index (χ3v) is 4.76. The Morgan fingerprint density at radius 1 is 1.28 bits per heavy atom. The number of rotatable bonds is 3. The first-order valence-corrected chi connectivity index (χ1v) is 8.73. The summed E-state index contributed by atoms with van der Waals surface area (Å²) in [6.45, 7) is -0.134. The standard InChI is InChI=1S/C19H17N3O2S/c20-19(23)22(24)11-5-7-14-6-4-10-16(12-14)18-21-17(13-25-18)15-8-2-1-3-9-15/h1-4,6,8-10,12,17,24H,11,13H2,(H2,20,23). The second-order valence-corrected chi connectivity index (χ2v) is 6.46. The number of benzene rings is 2. The number of aliphatic imine (C=N–C) groups is 1. The summed E-state index contributed by atoms with van der Waals surface area (Å²) in [6, 6.07) is 17.3. The predicted octanol–water partition coefficient (Wildman–Crippen LogP) is 3.04. The van der Waals surface area contributed by atoms with Crippen LogP contribution in [0.1, 0.15) is 22.7 Å². The Hall–Kier alpha value is -2.75. The van der Waals surface area contributed by atoms with E-state index in [-0.39, 0.29) is 12.6 Å². The van der Waals surface area contributed by atoms with Crippen LogP contribution in [0.15, 0.2) is 59.6 Å². The largest absolute Gasteiger partial charge is 0.350 e. The summed E-state index contributed by atoms with van der Waals surface area (Å²) in [6.07, 6.45) is 0. The molecular formula is C19H17N3O2S. The lowest BCUT2D eigenvalue weighted by atomic mass is 10.1. The van der Waals surface area contributed by atoms with Crippen molar-refractivity contribution in [3.63, 3.8) is 0 Å². The molecule has 0 aromatic heterocycles. The van der Waals surface area contributed by atoms with Crippen LogP contribution in [0.5, 0.6) is 0 Å². The van der Waals surface area contributed by atoms with Gasteiger partial charge in [0.2, 0.25) is 0 Å².